The van der Waals surface area contributed by atoms with Crippen molar-refractivity contribution in [2.24, 2.45) is 5.92 Å². The molecule has 0 saturated carbocycles. The second-order valence-corrected chi connectivity index (χ2v) is 4.56. The van der Waals surface area contributed by atoms with Gasteiger partial charge in [0.25, 0.3) is 0 Å². The SMILES string of the molecule is OCCN(CC1CCOCC1)c1ccccc1. The van der Waals surface area contributed by atoms with Crippen LogP contribution in [0.15, 0.2) is 30.3 Å². The molecule has 0 amide bonds. The van der Waals surface area contributed by atoms with Crippen LogP contribution in [0, 0.1) is 5.92 Å². The number of anilines is 1. The number of aliphatic hydroxyl groups is 1. The molecule has 17 heavy (non-hydrogen) atoms. The molecule has 1 heterocycles. The van der Waals surface area contributed by atoms with Gasteiger partial charge in [0.2, 0.25) is 0 Å². The van der Waals surface area contributed by atoms with E-state index in [9.17, 15) is 0 Å². The number of nitrogens with zero attached hydrogens (tertiary/aromatic N) is 1. The first kappa shape index (κ1) is 12.4. The summed E-state index contributed by atoms with van der Waals surface area (Å²) in [5.41, 5.74) is 1.20. The number of rotatable bonds is 5. The van der Waals surface area contributed by atoms with Crippen LogP contribution >= 0.6 is 0 Å². The largest absolute Gasteiger partial charge is 0.395 e. The molecular weight excluding hydrogens is 214 g/mol. The van der Waals surface area contributed by atoms with Gasteiger partial charge in [-0.3, -0.25) is 0 Å². The van der Waals surface area contributed by atoms with Gasteiger partial charge in [-0.1, -0.05) is 18.2 Å². The van der Waals surface area contributed by atoms with Crippen molar-refractivity contribution in [1.29, 1.82) is 0 Å². The molecule has 1 saturated heterocycles. The fourth-order valence-corrected chi connectivity index (χ4v) is 2.33. The molecule has 1 aliphatic rings. The number of para-hydroxylation sites is 1. The highest BCUT2D eigenvalue weighted by Gasteiger charge is 2.17. The second kappa shape index (κ2) is 6.62. The third kappa shape index (κ3) is 3.72. The predicted octanol–water partition coefficient (Wildman–Crippen LogP) is 1.91. The lowest BCUT2D eigenvalue weighted by molar-refractivity contribution is 0.0680. The average Bonchev–Trinajstić information content (AvgIpc) is 2.40. The first-order valence-corrected chi connectivity index (χ1v) is 6.39. The zero-order valence-electron chi connectivity index (χ0n) is 10.2. The summed E-state index contributed by atoms with van der Waals surface area (Å²) in [7, 11) is 0. The topological polar surface area (TPSA) is 32.7 Å². The minimum Gasteiger partial charge on any atom is -0.395 e. The Balaban J connectivity index is 1.96. The van der Waals surface area contributed by atoms with Crippen LogP contribution in [-0.2, 0) is 4.74 Å². The zero-order chi connectivity index (χ0) is 11.9. The van der Waals surface area contributed by atoms with Gasteiger partial charge < -0.3 is 14.7 Å². The monoisotopic (exact) mass is 235 g/mol. The van der Waals surface area contributed by atoms with Gasteiger partial charge in [0.15, 0.2) is 0 Å². The lowest BCUT2D eigenvalue weighted by Gasteiger charge is -2.31. The molecule has 94 valence electrons. The first-order valence-electron chi connectivity index (χ1n) is 6.39. The molecule has 3 heteroatoms. The van der Waals surface area contributed by atoms with Crippen molar-refractivity contribution in [3.63, 3.8) is 0 Å². The van der Waals surface area contributed by atoms with Crippen molar-refractivity contribution in [3.05, 3.63) is 30.3 Å². The number of hydrogen-bond acceptors (Lipinski definition) is 3. The van der Waals surface area contributed by atoms with Gasteiger partial charge in [-0.15, -0.1) is 0 Å². The highest BCUT2D eigenvalue weighted by molar-refractivity contribution is 5.45. The summed E-state index contributed by atoms with van der Waals surface area (Å²) in [5, 5.41) is 9.16. The molecule has 1 N–H and O–H groups in total. The van der Waals surface area contributed by atoms with Crippen LogP contribution < -0.4 is 4.90 Å². The summed E-state index contributed by atoms with van der Waals surface area (Å²) in [6.45, 7) is 3.70. The Morgan fingerprint density at radius 3 is 2.53 bits per heavy atom. The van der Waals surface area contributed by atoms with E-state index in [0.717, 1.165) is 32.6 Å². The van der Waals surface area contributed by atoms with Gasteiger partial charge in [-0.05, 0) is 30.9 Å². The molecule has 1 aliphatic heterocycles. The molecule has 0 spiro atoms. The van der Waals surface area contributed by atoms with Crippen molar-refractivity contribution in [3.8, 4) is 0 Å². The van der Waals surface area contributed by atoms with Gasteiger partial charge in [-0.25, -0.2) is 0 Å². The summed E-state index contributed by atoms with van der Waals surface area (Å²) < 4.78 is 5.38. The summed E-state index contributed by atoms with van der Waals surface area (Å²) in [6, 6.07) is 10.3. The first-order chi connectivity index (χ1) is 8.40. The normalized spacial score (nSPS) is 17.0. The second-order valence-electron chi connectivity index (χ2n) is 4.56. The highest BCUT2D eigenvalue weighted by atomic mass is 16.5. The zero-order valence-corrected chi connectivity index (χ0v) is 10.2. The summed E-state index contributed by atoms with van der Waals surface area (Å²) >= 11 is 0. The van der Waals surface area contributed by atoms with E-state index >= 15 is 0 Å². The maximum absolute atomic E-state index is 9.16. The van der Waals surface area contributed by atoms with Crippen LogP contribution in [0.25, 0.3) is 0 Å². The minimum absolute atomic E-state index is 0.206. The van der Waals surface area contributed by atoms with Crippen LogP contribution in [0.5, 0.6) is 0 Å². The van der Waals surface area contributed by atoms with Gasteiger partial charge >= 0.3 is 0 Å². The maximum atomic E-state index is 9.16. The molecule has 0 unspecified atom stereocenters. The molecule has 1 aromatic carbocycles. The van der Waals surface area contributed by atoms with Gasteiger partial charge in [0.1, 0.15) is 0 Å². The Kier molecular flexibility index (Phi) is 4.83. The lowest BCUT2D eigenvalue weighted by Crippen LogP contribution is -2.34. The highest BCUT2D eigenvalue weighted by Crippen LogP contribution is 2.20. The molecular formula is C14H21NO2. The molecule has 1 fully saturated rings. The van der Waals surface area contributed by atoms with E-state index in [1.165, 1.54) is 5.69 Å². The van der Waals surface area contributed by atoms with E-state index in [1.54, 1.807) is 0 Å². The lowest BCUT2D eigenvalue weighted by atomic mass is 9.99. The number of hydrogen-bond donors (Lipinski definition) is 1. The Labute approximate surface area is 103 Å². The van der Waals surface area contributed by atoms with Crippen LogP contribution in [0.2, 0.25) is 0 Å². The summed E-state index contributed by atoms with van der Waals surface area (Å²) in [4.78, 5) is 2.27. The Morgan fingerprint density at radius 2 is 1.88 bits per heavy atom. The molecule has 0 bridgehead atoms. The van der Waals surface area contributed by atoms with Crippen LogP contribution in [0.3, 0.4) is 0 Å². The number of benzene rings is 1. The van der Waals surface area contributed by atoms with Gasteiger partial charge in [-0.2, -0.15) is 0 Å². The third-order valence-electron chi connectivity index (χ3n) is 3.31. The molecule has 0 aliphatic carbocycles. The molecule has 0 aromatic heterocycles. The van der Waals surface area contributed by atoms with Gasteiger partial charge in [0.05, 0.1) is 6.61 Å². The van der Waals surface area contributed by atoms with Crippen molar-refractivity contribution >= 4 is 5.69 Å². The molecule has 2 rings (SSSR count). The van der Waals surface area contributed by atoms with E-state index in [4.69, 9.17) is 9.84 Å². The summed E-state index contributed by atoms with van der Waals surface area (Å²) in [6.07, 6.45) is 2.27. The van der Waals surface area contributed by atoms with E-state index in [1.807, 2.05) is 18.2 Å². The smallest absolute Gasteiger partial charge is 0.0606 e. The molecule has 0 atom stereocenters. The standard InChI is InChI=1S/C14H21NO2/c16-9-8-15(14-4-2-1-3-5-14)12-13-6-10-17-11-7-13/h1-5,13,16H,6-12H2. The predicted molar refractivity (Wildman–Crippen MR) is 69.3 cm³/mol. The van der Waals surface area contributed by atoms with E-state index in [0.29, 0.717) is 12.5 Å². The van der Waals surface area contributed by atoms with E-state index in [2.05, 4.69) is 17.0 Å². The van der Waals surface area contributed by atoms with Crippen LogP contribution in [0.4, 0.5) is 5.69 Å². The quantitative estimate of drug-likeness (QED) is 0.846. The van der Waals surface area contributed by atoms with Crippen molar-refractivity contribution in [1.82, 2.24) is 0 Å². The number of aliphatic hydroxyl groups excluding tert-OH is 1. The maximum Gasteiger partial charge on any atom is 0.0606 e. The minimum atomic E-state index is 0.206. The van der Waals surface area contributed by atoms with Crippen molar-refractivity contribution < 1.29 is 9.84 Å². The third-order valence-corrected chi connectivity index (χ3v) is 3.31. The number of ether oxygens (including phenoxy) is 1. The molecule has 1 aromatic rings. The average molecular weight is 235 g/mol. The van der Waals surface area contributed by atoms with Crippen molar-refractivity contribution in [2.45, 2.75) is 12.8 Å². The molecule has 0 radical (unpaired) electrons. The van der Waals surface area contributed by atoms with E-state index in [-0.39, 0.29) is 6.61 Å². The molecule has 3 nitrogen and oxygen atoms in total. The van der Waals surface area contributed by atoms with E-state index < -0.39 is 0 Å². The van der Waals surface area contributed by atoms with Crippen LogP contribution in [-0.4, -0.2) is 38.0 Å². The van der Waals surface area contributed by atoms with Gasteiger partial charge in [0, 0.05) is 32.0 Å². The van der Waals surface area contributed by atoms with Crippen molar-refractivity contribution in [2.75, 3.05) is 37.8 Å². The Hall–Kier alpha value is -1.06. The fraction of sp³-hybridized carbons (Fsp3) is 0.571. The fourth-order valence-electron chi connectivity index (χ4n) is 2.33. The van der Waals surface area contributed by atoms with Crippen LogP contribution in [0.1, 0.15) is 12.8 Å². The Bertz CT molecular complexity index is 309. The Morgan fingerprint density at radius 1 is 1.18 bits per heavy atom. The summed E-state index contributed by atoms with van der Waals surface area (Å²) in [5.74, 6) is 0.690.